The Bertz CT molecular complexity index is 1100. The van der Waals surface area contributed by atoms with Crippen molar-refractivity contribution in [1.82, 2.24) is 15.0 Å². The van der Waals surface area contributed by atoms with Gasteiger partial charge >= 0.3 is 0 Å². The SMILES string of the molecule is Cc1cc(C)c(NC(=O)CSc2nc(Nc3ccccc3)nc(N3CCOCC3)n2)c(C)c1. The van der Waals surface area contributed by atoms with Gasteiger partial charge in [0.05, 0.1) is 19.0 Å². The second-order valence-electron chi connectivity index (χ2n) is 7.94. The van der Waals surface area contributed by atoms with Crippen LogP contribution in [0.15, 0.2) is 47.6 Å². The minimum atomic E-state index is -0.0963. The molecule has 33 heavy (non-hydrogen) atoms. The summed E-state index contributed by atoms with van der Waals surface area (Å²) in [6.45, 7) is 8.75. The molecule has 3 aromatic rings. The van der Waals surface area contributed by atoms with Gasteiger partial charge in [-0.3, -0.25) is 4.79 Å². The monoisotopic (exact) mass is 464 g/mol. The van der Waals surface area contributed by atoms with E-state index in [-0.39, 0.29) is 11.7 Å². The number of aromatic nitrogens is 3. The van der Waals surface area contributed by atoms with Crippen LogP contribution in [0.5, 0.6) is 0 Å². The van der Waals surface area contributed by atoms with Crippen LogP contribution in [0, 0.1) is 20.8 Å². The number of hydrogen-bond donors (Lipinski definition) is 2. The molecule has 172 valence electrons. The number of anilines is 4. The number of amides is 1. The van der Waals surface area contributed by atoms with Crippen molar-refractivity contribution in [3.05, 3.63) is 59.2 Å². The van der Waals surface area contributed by atoms with E-state index in [1.165, 1.54) is 17.3 Å². The van der Waals surface area contributed by atoms with Gasteiger partial charge in [0, 0.05) is 24.5 Å². The van der Waals surface area contributed by atoms with Crippen molar-refractivity contribution >= 4 is 40.9 Å². The van der Waals surface area contributed by atoms with E-state index in [1.54, 1.807) is 0 Å². The van der Waals surface area contributed by atoms with Crippen LogP contribution in [0.1, 0.15) is 16.7 Å². The molecule has 0 bridgehead atoms. The first-order chi connectivity index (χ1) is 16.0. The lowest BCUT2D eigenvalue weighted by molar-refractivity contribution is -0.113. The van der Waals surface area contributed by atoms with Gasteiger partial charge in [0.1, 0.15) is 0 Å². The van der Waals surface area contributed by atoms with E-state index >= 15 is 0 Å². The molecule has 1 fully saturated rings. The van der Waals surface area contributed by atoms with Crippen molar-refractivity contribution < 1.29 is 9.53 Å². The van der Waals surface area contributed by atoms with E-state index in [2.05, 4.69) is 49.5 Å². The number of para-hydroxylation sites is 1. The van der Waals surface area contributed by atoms with E-state index in [0.29, 0.717) is 43.4 Å². The number of nitrogens with zero attached hydrogens (tertiary/aromatic N) is 4. The second-order valence-corrected chi connectivity index (χ2v) is 8.89. The van der Waals surface area contributed by atoms with Crippen LogP contribution >= 0.6 is 11.8 Å². The number of carbonyl (C=O) groups is 1. The van der Waals surface area contributed by atoms with Crippen molar-refractivity contribution in [2.24, 2.45) is 0 Å². The molecule has 0 atom stereocenters. The van der Waals surface area contributed by atoms with Crippen molar-refractivity contribution in [3.8, 4) is 0 Å². The van der Waals surface area contributed by atoms with Gasteiger partial charge in [-0.15, -0.1) is 0 Å². The molecular weight excluding hydrogens is 436 g/mol. The quantitative estimate of drug-likeness (QED) is 0.505. The molecule has 4 rings (SSSR count). The first-order valence-electron chi connectivity index (χ1n) is 10.9. The molecule has 1 amide bonds. The molecule has 1 aliphatic heterocycles. The average Bonchev–Trinajstić information content (AvgIpc) is 2.81. The normalized spacial score (nSPS) is 13.6. The summed E-state index contributed by atoms with van der Waals surface area (Å²) >= 11 is 1.29. The van der Waals surface area contributed by atoms with E-state index in [0.717, 1.165) is 22.5 Å². The van der Waals surface area contributed by atoms with Gasteiger partial charge in [0.15, 0.2) is 5.16 Å². The average molecular weight is 465 g/mol. The molecule has 2 aromatic carbocycles. The van der Waals surface area contributed by atoms with Gasteiger partial charge in [-0.05, 0) is 44.0 Å². The summed E-state index contributed by atoms with van der Waals surface area (Å²) in [7, 11) is 0. The third kappa shape index (κ3) is 6.21. The maximum Gasteiger partial charge on any atom is 0.234 e. The topological polar surface area (TPSA) is 92.3 Å². The fourth-order valence-corrected chi connectivity index (χ4v) is 4.33. The van der Waals surface area contributed by atoms with Gasteiger partial charge in [0.2, 0.25) is 17.8 Å². The molecule has 0 radical (unpaired) electrons. The summed E-state index contributed by atoms with van der Waals surface area (Å²) in [5.41, 5.74) is 5.03. The molecule has 1 aliphatic rings. The van der Waals surface area contributed by atoms with Gasteiger partial charge in [-0.1, -0.05) is 47.7 Å². The Morgan fingerprint density at radius 3 is 2.42 bits per heavy atom. The fourth-order valence-electron chi connectivity index (χ4n) is 3.70. The van der Waals surface area contributed by atoms with Crippen LogP contribution in [0.3, 0.4) is 0 Å². The molecule has 2 N–H and O–H groups in total. The Hall–Kier alpha value is -3.17. The Kier molecular flexibility index (Phi) is 7.41. The second kappa shape index (κ2) is 10.6. The van der Waals surface area contributed by atoms with Crippen molar-refractivity contribution in [1.29, 1.82) is 0 Å². The summed E-state index contributed by atoms with van der Waals surface area (Å²) in [5.74, 6) is 1.14. The molecule has 0 unspecified atom stereocenters. The lowest BCUT2D eigenvalue weighted by atomic mass is 10.1. The number of rotatable bonds is 7. The predicted molar refractivity (Wildman–Crippen MR) is 133 cm³/mol. The van der Waals surface area contributed by atoms with Crippen LogP contribution in [0.4, 0.5) is 23.3 Å². The third-order valence-electron chi connectivity index (χ3n) is 5.20. The summed E-state index contributed by atoms with van der Waals surface area (Å²) in [6, 6.07) is 13.9. The number of benzene rings is 2. The minimum Gasteiger partial charge on any atom is -0.378 e. The summed E-state index contributed by atoms with van der Waals surface area (Å²) < 4.78 is 5.45. The Morgan fingerprint density at radius 2 is 1.73 bits per heavy atom. The summed E-state index contributed by atoms with van der Waals surface area (Å²) in [5, 5.41) is 6.77. The Labute approximate surface area is 198 Å². The van der Waals surface area contributed by atoms with Crippen LogP contribution in [-0.2, 0) is 9.53 Å². The van der Waals surface area contributed by atoms with Crippen LogP contribution in [0.25, 0.3) is 0 Å². The van der Waals surface area contributed by atoms with Crippen molar-refractivity contribution in [2.45, 2.75) is 25.9 Å². The van der Waals surface area contributed by atoms with Gasteiger partial charge in [-0.25, -0.2) is 0 Å². The van der Waals surface area contributed by atoms with Crippen molar-refractivity contribution in [3.63, 3.8) is 0 Å². The molecule has 1 aromatic heterocycles. The molecule has 1 saturated heterocycles. The van der Waals surface area contributed by atoms with Crippen molar-refractivity contribution in [2.75, 3.05) is 47.6 Å². The zero-order chi connectivity index (χ0) is 23.2. The van der Waals surface area contributed by atoms with Crippen LogP contribution in [0.2, 0.25) is 0 Å². The van der Waals surface area contributed by atoms with Crippen LogP contribution < -0.4 is 15.5 Å². The largest absolute Gasteiger partial charge is 0.378 e. The number of ether oxygens (including phenoxy) is 1. The first kappa shape index (κ1) is 23.0. The van der Waals surface area contributed by atoms with E-state index in [4.69, 9.17) is 4.74 Å². The molecule has 0 saturated carbocycles. The smallest absolute Gasteiger partial charge is 0.234 e. The molecule has 0 aliphatic carbocycles. The highest BCUT2D eigenvalue weighted by atomic mass is 32.2. The molecule has 8 nitrogen and oxygen atoms in total. The zero-order valence-corrected chi connectivity index (χ0v) is 19.9. The van der Waals surface area contributed by atoms with E-state index < -0.39 is 0 Å². The zero-order valence-electron chi connectivity index (χ0n) is 19.1. The lowest BCUT2D eigenvalue weighted by Gasteiger charge is -2.27. The maximum absolute atomic E-state index is 12.7. The third-order valence-corrected chi connectivity index (χ3v) is 6.05. The predicted octanol–water partition coefficient (Wildman–Crippen LogP) is 4.11. The molecule has 2 heterocycles. The highest BCUT2D eigenvalue weighted by molar-refractivity contribution is 7.99. The number of aryl methyl sites for hydroxylation is 3. The van der Waals surface area contributed by atoms with E-state index in [1.807, 2.05) is 44.2 Å². The Morgan fingerprint density at radius 1 is 1.03 bits per heavy atom. The molecular formula is C24H28N6O2S. The molecule has 9 heteroatoms. The number of hydrogen-bond acceptors (Lipinski definition) is 8. The maximum atomic E-state index is 12.7. The lowest BCUT2D eigenvalue weighted by Crippen LogP contribution is -2.37. The van der Waals surface area contributed by atoms with E-state index in [9.17, 15) is 4.79 Å². The van der Waals surface area contributed by atoms with Gasteiger partial charge in [-0.2, -0.15) is 15.0 Å². The van der Waals surface area contributed by atoms with Crippen LogP contribution in [-0.4, -0.2) is 52.9 Å². The number of carbonyl (C=O) groups excluding carboxylic acids is 1. The summed E-state index contributed by atoms with van der Waals surface area (Å²) in [6.07, 6.45) is 0. The fraction of sp³-hybridized carbons (Fsp3) is 0.333. The Balaban J connectivity index is 1.49. The number of nitrogens with one attached hydrogen (secondary N) is 2. The summed E-state index contributed by atoms with van der Waals surface area (Å²) in [4.78, 5) is 28.5. The number of morpholine rings is 1. The minimum absolute atomic E-state index is 0.0963. The molecule has 0 spiro atoms. The highest BCUT2D eigenvalue weighted by Crippen LogP contribution is 2.24. The first-order valence-corrected chi connectivity index (χ1v) is 11.9. The highest BCUT2D eigenvalue weighted by Gasteiger charge is 2.18. The number of thioether (sulfide) groups is 1. The van der Waals surface area contributed by atoms with Gasteiger partial charge < -0.3 is 20.3 Å². The standard InChI is InChI=1S/C24H28N6O2S/c1-16-13-17(2)21(18(3)14-16)26-20(31)15-33-24-28-22(25-19-7-5-4-6-8-19)27-23(29-24)30-9-11-32-12-10-30/h4-8,13-14H,9-12,15H2,1-3H3,(H,26,31)(H,25,27,28,29). The van der Waals surface area contributed by atoms with Gasteiger partial charge in [0.25, 0.3) is 0 Å².